The van der Waals surface area contributed by atoms with E-state index in [-0.39, 0.29) is 0 Å². The van der Waals surface area contributed by atoms with Gasteiger partial charge in [-0.15, -0.1) is 0 Å². The van der Waals surface area contributed by atoms with Crippen molar-refractivity contribution < 1.29 is 0 Å². The van der Waals surface area contributed by atoms with Gasteiger partial charge in [0, 0.05) is 60.5 Å². The zero-order valence-electron chi connectivity index (χ0n) is 20.4. The van der Waals surface area contributed by atoms with Crippen molar-refractivity contribution in [2.45, 2.75) is 43.8 Å². The summed E-state index contributed by atoms with van der Waals surface area (Å²) in [4.78, 5) is 12.4. The molecule has 2 aromatic carbocycles. The maximum Gasteiger partial charge on any atom is 0.128 e. The van der Waals surface area contributed by atoms with E-state index >= 15 is 0 Å². The van der Waals surface area contributed by atoms with Crippen LogP contribution in [0.5, 0.6) is 0 Å². The molecule has 0 radical (unpaired) electrons. The maximum absolute atomic E-state index is 6.16. The minimum atomic E-state index is 0.492. The van der Waals surface area contributed by atoms with Gasteiger partial charge in [-0.3, -0.25) is 4.90 Å². The standard InChI is InChI=1S/C29H34Cl2N4/c1-33-20-28(19-23-7-11-25(31)12-8-23)35(21-27(33)18-22-5-9-24(30)10-6-22)26-13-16-34(17-14-26)29-4-2-3-15-32-29/h2-12,15,26-28H,13-14,16-21H2,1H3/t27-,28-/m0/s1. The van der Waals surface area contributed by atoms with Crippen molar-refractivity contribution in [3.8, 4) is 0 Å². The van der Waals surface area contributed by atoms with Gasteiger partial charge in [0.15, 0.2) is 0 Å². The van der Waals surface area contributed by atoms with Crippen LogP contribution in [0.2, 0.25) is 10.0 Å². The molecule has 6 heteroatoms. The van der Waals surface area contributed by atoms with E-state index in [2.05, 4.69) is 63.1 Å². The maximum atomic E-state index is 6.16. The van der Waals surface area contributed by atoms with Crippen molar-refractivity contribution in [2.75, 3.05) is 38.1 Å². The molecule has 2 atom stereocenters. The average molecular weight is 510 g/mol. The zero-order chi connectivity index (χ0) is 24.2. The first kappa shape index (κ1) is 24.6. The highest BCUT2D eigenvalue weighted by Crippen LogP contribution is 2.28. The molecule has 0 saturated carbocycles. The van der Waals surface area contributed by atoms with Crippen LogP contribution >= 0.6 is 23.2 Å². The van der Waals surface area contributed by atoms with E-state index in [0.29, 0.717) is 18.1 Å². The summed E-state index contributed by atoms with van der Waals surface area (Å²) in [6.45, 7) is 4.28. The Bertz CT molecular complexity index is 1070. The number of aromatic nitrogens is 1. The molecule has 2 aliphatic rings. The van der Waals surface area contributed by atoms with E-state index in [1.165, 1.54) is 24.0 Å². The number of likely N-dealkylation sites (N-methyl/N-ethyl adjacent to an activating group) is 1. The summed E-state index contributed by atoms with van der Waals surface area (Å²) in [5, 5.41) is 1.60. The first-order valence-corrected chi connectivity index (χ1v) is 13.4. The van der Waals surface area contributed by atoms with Crippen LogP contribution in [0, 0.1) is 0 Å². The van der Waals surface area contributed by atoms with Gasteiger partial charge in [-0.1, -0.05) is 53.5 Å². The highest BCUT2D eigenvalue weighted by atomic mass is 35.5. The van der Waals surface area contributed by atoms with Gasteiger partial charge in [0.05, 0.1) is 0 Å². The van der Waals surface area contributed by atoms with E-state index < -0.39 is 0 Å². The summed E-state index contributed by atoms with van der Waals surface area (Å²) in [7, 11) is 2.29. The molecule has 3 heterocycles. The van der Waals surface area contributed by atoms with Gasteiger partial charge >= 0.3 is 0 Å². The number of hydrogen-bond acceptors (Lipinski definition) is 4. The highest BCUT2D eigenvalue weighted by molar-refractivity contribution is 6.30. The molecule has 35 heavy (non-hydrogen) atoms. The Morgan fingerprint density at radius 1 is 0.771 bits per heavy atom. The minimum absolute atomic E-state index is 0.492. The third-order valence-corrected chi connectivity index (χ3v) is 8.19. The molecular weight excluding hydrogens is 475 g/mol. The SMILES string of the molecule is CN1C[C@H](Cc2ccc(Cl)cc2)N(C2CCN(c3ccccn3)CC2)C[C@@H]1Cc1ccc(Cl)cc1. The topological polar surface area (TPSA) is 22.6 Å². The fraction of sp³-hybridized carbons (Fsp3) is 0.414. The van der Waals surface area contributed by atoms with Crippen LogP contribution in [0.4, 0.5) is 5.82 Å². The molecule has 3 aromatic rings. The second kappa shape index (κ2) is 11.3. The summed E-state index contributed by atoms with van der Waals surface area (Å²) in [6, 6.07) is 24.5. The number of benzene rings is 2. The third-order valence-electron chi connectivity index (χ3n) is 7.69. The van der Waals surface area contributed by atoms with Crippen molar-refractivity contribution >= 4 is 29.0 Å². The molecule has 2 aliphatic heterocycles. The van der Waals surface area contributed by atoms with E-state index in [1.807, 2.05) is 36.5 Å². The van der Waals surface area contributed by atoms with E-state index in [0.717, 1.165) is 54.9 Å². The fourth-order valence-corrected chi connectivity index (χ4v) is 5.97. The summed E-state index contributed by atoms with van der Waals surface area (Å²) in [5.74, 6) is 1.10. The van der Waals surface area contributed by atoms with Crippen LogP contribution in [0.3, 0.4) is 0 Å². The second-order valence-corrected chi connectivity index (χ2v) is 10.9. The molecule has 5 rings (SSSR count). The molecule has 0 bridgehead atoms. The predicted octanol–water partition coefficient (Wildman–Crippen LogP) is 5.83. The number of anilines is 1. The first-order chi connectivity index (χ1) is 17.0. The first-order valence-electron chi connectivity index (χ1n) is 12.7. The van der Waals surface area contributed by atoms with Crippen LogP contribution in [-0.2, 0) is 12.8 Å². The lowest BCUT2D eigenvalue weighted by Crippen LogP contribution is -2.62. The van der Waals surface area contributed by atoms with Crippen LogP contribution in [0.15, 0.2) is 72.9 Å². The highest BCUT2D eigenvalue weighted by Gasteiger charge is 2.37. The fourth-order valence-electron chi connectivity index (χ4n) is 5.72. The van der Waals surface area contributed by atoms with Gasteiger partial charge < -0.3 is 9.80 Å². The minimum Gasteiger partial charge on any atom is -0.357 e. The normalized spacial score (nSPS) is 22.4. The van der Waals surface area contributed by atoms with Crippen LogP contribution < -0.4 is 4.90 Å². The Kier molecular flexibility index (Phi) is 7.94. The number of pyridine rings is 1. The van der Waals surface area contributed by atoms with Crippen molar-refractivity contribution in [2.24, 2.45) is 0 Å². The number of rotatable bonds is 6. The Labute approximate surface area is 219 Å². The summed E-state index contributed by atoms with van der Waals surface area (Å²) < 4.78 is 0. The van der Waals surface area contributed by atoms with Gasteiger partial charge in [0.1, 0.15) is 5.82 Å². The molecule has 0 spiro atoms. The van der Waals surface area contributed by atoms with Crippen LogP contribution in [0.25, 0.3) is 0 Å². The lowest BCUT2D eigenvalue weighted by molar-refractivity contribution is 0.00738. The van der Waals surface area contributed by atoms with Crippen molar-refractivity contribution in [3.63, 3.8) is 0 Å². The van der Waals surface area contributed by atoms with E-state index in [9.17, 15) is 0 Å². The molecule has 1 aromatic heterocycles. The van der Waals surface area contributed by atoms with Crippen molar-refractivity contribution in [1.82, 2.24) is 14.8 Å². The smallest absolute Gasteiger partial charge is 0.128 e. The summed E-state index contributed by atoms with van der Waals surface area (Å²) in [6.07, 6.45) is 6.34. The number of piperazine rings is 1. The molecule has 4 nitrogen and oxygen atoms in total. The van der Waals surface area contributed by atoms with Crippen LogP contribution in [0.1, 0.15) is 24.0 Å². The number of piperidine rings is 1. The third kappa shape index (κ3) is 6.18. The zero-order valence-corrected chi connectivity index (χ0v) is 21.9. The largest absolute Gasteiger partial charge is 0.357 e. The molecule has 0 aliphatic carbocycles. The Morgan fingerprint density at radius 3 is 1.94 bits per heavy atom. The number of halogens is 2. The Morgan fingerprint density at radius 2 is 1.37 bits per heavy atom. The number of hydrogen-bond donors (Lipinski definition) is 0. The lowest BCUT2D eigenvalue weighted by atomic mass is 9.92. The van der Waals surface area contributed by atoms with Gasteiger partial charge in [0.25, 0.3) is 0 Å². The predicted molar refractivity (Wildman–Crippen MR) is 147 cm³/mol. The average Bonchev–Trinajstić information content (AvgIpc) is 2.89. The molecule has 184 valence electrons. The van der Waals surface area contributed by atoms with E-state index in [1.54, 1.807) is 0 Å². The quantitative estimate of drug-likeness (QED) is 0.417. The van der Waals surface area contributed by atoms with Gasteiger partial charge in [-0.25, -0.2) is 4.98 Å². The van der Waals surface area contributed by atoms with Crippen molar-refractivity contribution in [3.05, 3.63) is 94.1 Å². The molecule has 0 amide bonds. The Hall–Kier alpha value is -2.11. The summed E-state index contributed by atoms with van der Waals surface area (Å²) >= 11 is 12.3. The van der Waals surface area contributed by atoms with Gasteiger partial charge in [0.2, 0.25) is 0 Å². The second-order valence-electron chi connectivity index (χ2n) is 10.0. The van der Waals surface area contributed by atoms with Crippen LogP contribution in [-0.4, -0.2) is 66.1 Å². The van der Waals surface area contributed by atoms with Gasteiger partial charge in [-0.05, 0) is 80.3 Å². The molecule has 2 fully saturated rings. The summed E-state index contributed by atoms with van der Waals surface area (Å²) in [5.41, 5.74) is 2.71. The Balaban J connectivity index is 1.31. The number of nitrogens with zero attached hydrogens (tertiary/aromatic N) is 4. The van der Waals surface area contributed by atoms with E-state index in [4.69, 9.17) is 23.2 Å². The molecule has 0 N–H and O–H groups in total. The lowest BCUT2D eigenvalue weighted by Gasteiger charge is -2.50. The van der Waals surface area contributed by atoms with Gasteiger partial charge in [-0.2, -0.15) is 0 Å². The molecular formula is C29H34Cl2N4. The monoisotopic (exact) mass is 508 g/mol. The van der Waals surface area contributed by atoms with Crippen molar-refractivity contribution in [1.29, 1.82) is 0 Å². The molecule has 0 unspecified atom stereocenters. The molecule has 2 saturated heterocycles.